The Labute approximate surface area is 142 Å². The lowest BCUT2D eigenvalue weighted by Gasteiger charge is -2.10. The van der Waals surface area contributed by atoms with Gasteiger partial charge in [0.05, 0.1) is 9.98 Å². The van der Waals surface area contributed by atoms with Gasteiger partial charge in [-0.1, -0.05) is 48.5 Å². The first kappa shape index (κ1) is 15.1. The van der Waals surface area contributed by atoms with Crippen LogP contribution in [-0.4, -0.2) is 10.8 Å². The van der Waals surface area contributed by atoms with Crippen LogP contribution in [0.3, 0.4) is 0 Å². The molecule has 0 aliphatic carbocycles. The van der Waals surface area contributed by atoms with Crippen molar-refractivity contribution in [2.24, 2.45) is 0 Å². The summed E-state index contributed by atoms with van der Waals surface area (Å²) in [6.07, 6.45) is 2.05. The van der Waals surface area contributed by atoms with E-state index in [1.807, 2.05) is 30.3 Å². The number of hydrogen-bond donors (Lipinski definition) is 0. The van der Waals surface area contributed by atoms with Crippen LogP contribution in [0, 0.1) is 6.92 Å². The van der Waals surface area contributed by atoms with Crippen molar-refractivity contribution in [3.8, 4) is 11.1 Å². The smallest absolute Gasteiger partial charge is 0.195 e. The van der Waals surface area contributed by atoms with Crippen LogP contribution in [0.2, 0.25) is 0 Å². The number of rotatable bonds is 4. The fourth-order valence-electron chi connectivity index (χ4n) is 2.44. The molecule has 4 heteroatoms. The molecule has 0 saturated carbocycles. The molecule has 3 rings (SSSR count). The maximum Gasteiger partial charge on any atom is 0.195 e. The van der Waals surface area contributed by atoms with Crippen molar-refractivity contribution in [1.82, 2.24) is 4.98 Å². The van der Waals surface area contributed by atoms with Crippen LogP contribution in [-0.2, 0) is 6.42 Å². The average molecular weight is 372 g/mol. The summed E-state index contributed by atoms with van der Waals surface area (Å²) in [6, 6.07) is 16.4. The molecule has 1 heterocycles. The highest BCUT2D eigenvalue weighted by Crippen LogP contribution is 2.27. The zero-order valence-corrected chi connectivity index (χ0v) is 14.4. The molecule has 110 valence electrons. The van der Waals surface area contributed by atoms with Crippen LogP contribution in [0.25, 0.3) is 11.1 Å². The molecular weight excluding hydrogens is 358 g/mol. The monoisotopic (exact) mass is 371 g/mol. The molecule has 0 radical (unpaired) electrons. The number of benzene rings is 2. The van der Waals surface area contributed by atoms with Crippen LogP contribution in [0.4, 0.5) is 0 Å². The molecule has 0 N–H and O–H groups in total. The van der Waals surface area contributed by atoms with Crippen molar-refractivity contribution >= 4 is 33.0 Å². The molecule has 3 aromatic rings. The fraction of sp³-hybridized carbons (Fsp3) is 0.111. The summed E-state index contributed by atoms with van der Waals surface area (Å²) in [7, 11) is 0. The predicted octanol–water partition coefficient (Wildman–Crippen LogP) is 5.31. The molecule has 0 atom stereocenters. The third kappa shape index (κ3) is 3.18. The van der Waals surface area contributed by atoms with Crippen molar-refractivity contribution in [3.05, 3.63) is 74.6 Å². The maximum atomic E-state index is 12.4. The molecule has 0 saturated heterocycles. The van der Waals surface area contributed by atoms with E-state index in [1.165, 1.54) is 22.5 Å². The zero-order chi connectivity index (χ0) is 15.5. The second kappa shape index (κ2) is 6.55. The molecule has 0 spiro atoms. The van der Waals surface area contributed by atoms with E-state index in [2.05, 4.69) is 46.0 Å². The van der Waals surface area contributed by atoms with E-state index >= 15 is 0 Å². The van der Waals surface area contributed by atoms with Crippen LogP contribution < -0.4 is 0 Å². The highest BCUT2D eigenvalue weighted by Gasteiger charge is 2.14. The molecule has 0 aliphatic rings. The minimum atomic E-state index is 0.0593. The minimum Gasteiger partial charge on any atom is -0.291 e. The van der Waals surface area contributed by atoms with Crippen LogP contribution >= 0.6 is 27.3 Å². The Bertz CT molecular complexity index is 811. The van der Waals surface area contributed by atoms with E-state index in [9.17, 15) is 4.79 Å². The van der Waals surface area contributed by atoms with Crippen molar-refractivity contribution in [1.29, 1.82) is 0 Å². The molecule has 1 aromatic heterocycles. The Hall–Kier alpha value is -1.78. The first-order valence-corrected chi connectivity index (χ1v) is 8.54. The average Bonchev–Trinajstić information content (AvgIpc) is 2.97. The van der Waals surface area contributed by atoms with E-state index in [4.69, 9.17) is 0 Å². The van der Waals surface area contributed by atoms with E-state index in [0.29, 0.717) is 11.4 Å². The summed E-state index contributed by atoms with van der Waals surface area (Å²) >= 11 is 4.72. The third-order valence-corrected chi connectivity index (χ3v) is 5.11. The van der Waals surface area contributed by atoms with Gasteiger partial charge in [0.25, 0.3) is 0 Å². The summed E-state index contributed by atoms with van der Waals surface area (Å²) in [5, 5.41) is 0.552. The van der Waals surface area contributed by atoms with Gasteiger partial charge in [0.1, 0.15) is 0 Å². The summed E-state index contributed by atoms with van der Waals surface area (Å²) in [5.74, 6) is 0.0593. The first-order valence-electron chi connectivity index (χ1n) is 6.93. The second-order valence-corrected chi connectivity index (χ2v) is 7.44. The number of carbonyl (C=O) groups excluding carboxylic acids is 1. The summed E-state index contributed by atoms with van der Waals surface area (Å²) in [6.45, 7) is 2.07. The van der Waals surface area contributed by atoms with Gasteiger partial charge >= 0.3 is 0 Å². The lowest BCUT2D eigenvalue weighted by atomic mass is 9.94. The number of nitrogens with zero attached hydrogens (tertiary/aromatic N) is 1. The topological polar surface area (TPSA) is 30.0 Å². The van der Waals surface area contributed by atoms with Crippen molar-refractivity contribution in [2.75, 3.05) is 0 Å². The predicted molar refractivity (Wildman–Crippen MR) is 94.5 cm³/mol. The molecule has 0 fully saturated rings. The molecule has 0 aliphatic heterocycles. The number of thiazole rings is 1. The van der Waals surface area contributed by atoms with Crippen molar-refractivity contribution in [3.63, 3.8) is 0 Å². The molecule has 2 aromatic carbocycles. The third-order valence-electron chi connectivity index (χ3n) is 3.60. The molecule has 22 heavy (non-hydrogen) atoms. The first-order chi connectivity index (χ1) is 10.6. The SMILES string of the molecule is Cc1c(CC(=O)c2ncc(Br)s2)cccc1-c1ccccc1. The van der Waals surface area contributed by atoms with Gasteiger partial charge < -0.3 is 0 Å². The minimum absolute atomic E-state index is 0.0593. The molecule has 0 bridgehead atoms. The largest absolute Gasteiger partial charge is 0.291 e. The Morgan fingerprint density at radius 3 is 2.59 bits per heavy atom. The lowest BCUT2D eigenvalue weighted by molar-refractivity contribution is 0.0992. The highest BCUT2D eigenvalue weighted by molar-refractivity contribution is 9.11. The van der Waals surface area contributed by atoms with E-state index < -0.39 is 0 Å². The van der Waals surface area contributed by atoms with Gasteiger partial charge in [-0.15, -0.1) is 11.3 Å². The van der Waals surface area contributed by atoms with E-state index in [0.717, 1.165) is 14.9 Å². The Balaban J connectivity index is 1.91. The number of aromatic nitrogens is 1. The molecule has 0 amide bonds. The van der Waals surface area contributed by atoms with E-state index in [-0.39, 0.29) is 5.78 Å². The summed E-state index contributed by atoms with van der Waals surface area (Å²) in [4.78, 5) is 16.5. The van der Waals surface area contributed by atoms with Gasteiger partial charge in [0.2, 0.25) is 0 Å². The normalized spacial score (nSPS) is 10.6. The Morgan fingerprint density at radius 1 is 1.14 bits per heavy atom. The molecule has 2 nitrogen and oxygen atoms in total. The van der Waals surface area contributed by atoms with Crippen LogP contribution in [0.5, 0.6) is 0 Å². The standard InChI is InChI=1S/C18H14BrNOS/c1-12-14(10-16(21)18-20-11-17(19)22-18)8-5-9-15(12)13-6-3-2-4-7-13/h2-9,11H,10H2,1H3. The Morgan fingerprint density at radius 2 is 1.91 bits per heavy atom. The van der Waals surface area contributed by atoms with Crippen molar-refractivity contribution in [2.45, 2.75) is 13.3 Å². The van der Waals surface area contributed by atoms with Gasteiger partial charge in [0.15, 0.2) is 10.8 Å². The van der Waals surface area contributed by atoms with Gasteiger partial charge in [-0.2, -0.15) is 0 Å². The number of hydrogen-bond acceptors (Lipinski definition) is 3. The quantitative estimate of drug-likeness (QED) is 0.581. The number of halogens is 1. The lowest BCUT2D eigenvalue weighted by Crippen LogP contribution is -2.05. The molecule has 0 unspecified atom stereocenters. The maximum absolute atomic E-state index is 12.4. The number of ketones is 1. The van der Waals surface area contributed by atoms with Gasteiger partial charge in [0, 0.05) is 6.42 Å². The summed E-state index contributed by atoms with van der Waals surface area (Å²) in [5.41, 5.74) is 4.55. The number of Topliss-reactive ketones (excluding diaryl/α,β-unsaturated/α-hetero) is 1. The van der Waals surface area contributed by atoms with Crippen molar-refractivity contribution < 1.29 is 4.79 Å². The van der Waals surface area contributed by atoms with Crippen LogP contribution in [0.15, 0.2) is 58.5 Å². The second-order valence-electron chi connectivity index (χ2n) is 5.03. The van der Waals surface area contributed by atoms with Gasteiger partial charge in [-0.05, 0) is 45.1 Å². The van der Waals surface area contributed by atoms with Crippen LogP contribution in [0.1, 0.15) is 20.9 Å². The highest BCUT2D eigenvalue weighted by atomic mass is 79.9. The zero-order valence-electron chi connectivity index (χ0n) is 12.0. The fourth-order valence-corrected chi connectivity index (χ4v) is 3.58. The Kier molecular flexibility index (Phi) is 4.50. The van der Waals surface area contributed by atoms with E-state index in [1.54, 1.807) is 6.20 Å². The number of carbonyl (C=O) groups is 1. The van der Waals surface area contributed by atoms with Gasteiger partial charge in [-0.25, -0.2) is 4.98 Å². The molecular formula is C18H14BrNOS. The summed E-state index contributed by atoms with van der Waals surface area (Å²) < 4.78 is 0.880. The van der Waals surface area contributed by atoms with Gasteiger partial charge in [-0.3, -0.25) is 4.79 Å².